The third-order valence-electron chi connectivity index (χ3n) is 3.19. The molecule has 5 nitrogen and oxygen atoms in total. The molecule has 0 fully saturated rings. The molecule has 0 bridgehead atoms. The van der Waals surface area contributed by atoms with Crippen molar-refractivity contribution < 1.29 is 14.3 Å². The Morgan fingerprint density at radius 1 is 1.36 bits per heavy atom. The number of hydrogen-bond acceptors (Lipinski definition) is 4. The van der Waals surface area contributed by atoms with Crippen LogP contribution < -0.4 is 10.1 Å². The van der Waals surface area contributed by atoms with Crippen molar-refractivity contribution in [2.75, 3.05) is 18.5 Å². The molecule has 0 aromatic carbocycles. The lowest BCUT2D eigenvalue weighted by Crippen LogP contribution is -2.44. The number of amides is 1. The van der Waals surface area contributed by atoms with Crippen LogP contribution in [0.1, 0.15) is 47.5 Å². The minimum Gasteiger partial charge on any atom is -0.478 e. The van der Waals surface area contributed by atoms with Crippen molar-refractivity contribution in [3.63, 3.8) is 0 Å². The quantitative estimate of drug-likeness (QED) is 0.756. The number of anilines is 1. The minimum absolute atomic E-state index is 0.138. The number of nitrogens with one attached hydrogen (secondary N) is 1. The fraction of sp³-hybridized carbons (Fsp3) is 0.647. The minimum atomic E-state index is -0.831. The molecule has 1 N–H and O–H groups in total. The molecule has 1 unspecified atom stereocenters. The highest BCUT2D eigenvalue weighted by Crippen LogP contribution is 2.24. The molecule has 1 atom stereocenters. The first kappa shape index (κ1) is 18.4. The highest BCUT2D eigenvalue weighted by atomic mass is 16.5. The van der Waals surface area contributed by atoms with Gasteiger partial charge in [0.15, 0.2) is 0 Å². The monoisotopic (exact) mass is 308 g/mol. The first-order valence-corrected chi connectivity index (χ1v) is 7.95. The number of hydrogen-bond donors (Lipinski definition) is 1. The van der Waals surface area contributed by atoms with Crippen LogP contribution in [0.15, 0.2) is 18.3 Å². The molecule has 0 spiro atoms. The van der Waals surface area contributed by atoms with Gasteiger partial charge < -0.3 is 14.8 Å². The van der Waals surface area contributed by atoms with Gasteiger partial charge in [0.2, 0.25) is 5.88 Å². The maximum absolute atomic E-state index is 12.6. The summed E-state index contributed by atoms with van der Waals surface area (Å²) < 4.78 is 11.1. The molecule has 22 heavy (non-hydrogen) atoms. The molecular formula is C17H28N2O3. The fourth-order valence-corrected chi connectivity index (χ4v) is 2.27. The molecule has 1 heterocycles. The third-order valence-corrected chi connectivity index (χ3v) is 3.19. The number of carbonyl (C=O) groups excluding carboxylic acids is 1. The van der Waals surface area contributed by atoms with Gasteiger partial charge in [-0.2, -0.15) is 0 Å². The van der Waals surface area contributed by atoms with E-state index in [1.54, 1.807) is 18.3 Å². The second kappa shape index (κ2) is 8.73. The van der Waals surface area contributed by atoms with Gasteiger partial charge in [0.05, 0.1) is 18.5 Å². The Labute approximate surface area is 133 Å². The molecule has 1 rings (SSSR count). The van der Waals surface area contributed by atoms with E-state index in [0.29, 0.717) is 37.1 Å². The summed E-state index contributed by atoms with van der Waals surface area (Å²) in [5.74, 6) is 0.777. The number of rotatable bonds is 9. The van der Waals surface area contributed by atoms with Crippen LogP contribution in [0.5, 0.6) is 5.88 Å². The van der Waals surface area contributed by atoms with Crippen molar-refractivity contribution in [3.8, 4) is 5.88 Å². The second-order valence-corrected chi connectivity index (χ2v) is 5.95. The first-order valence-electron chi connectivity index (χ1n) is 7.95. The van der Waals surface area contributed by atoms with E-state index in [1.807, 2.05) is 20.8 Å². The molecule has 0 saturated heterocycles. The SMILES string of the molecule is CCCOC(C)(CC(C)C)C(=O)Nc1ccc(OCC)nc1. The van der Waals surface area contributed by atoms with Crippen LogP contribution in [0.2, 0.25) is 0 Å². The number of nitrogens with zero attached hydrogens (tertiary/aromatic N) is 1. The van der Waals surface area contributed by atoms with Crippen LogP contribution in [0.3, 0.4) is 0 Å². The van der Waals surface area contributed by atoms with Crippen LogP contribution in [0.25, 0.3) is 0 Å². The normalized spacial score (nSPS) is 13.7. The molecular weight excluding hydrogens is 280 g/mol. The van der Waals surface area contributed by atoms with E-state index < -0.39 is 5.60 Å². The van der Waals surface area contributed by atoms with Crippen LogP contribution >= 0.6 is 0 Å². The summed E-state index contributed by atoms with van der Waals surface area (Å²) in [6.07, 6.45) is 3.15. The lowest BCUT2D eigenvalue weighted by atomic mass is 9.93. The van der Waals surface area contributed by atoms with E-state index in [0.717, 1.165) is 6.42 Å². The average molecular weight is 308 g/mol. The van der Waals surface area contributed by atoms with Gasteiger partial charge >= 0.3 is 0 Å². The summed E-state index contributed by atoms with van der Waals surface area (Å²) in [4.78, 5) is 16.7. The van der Waals surface area contributed by atoms with Crippen LogP contribution in [-0.2, 0) is 9.53 Å². The van der Waals surface area contributed by atoms with Gasteiger partial charge in [0.1, 0.15) is 5.60 Å². The number of aromatic nitrogens is 1. The van der Waals surface area contributed by atoms with Gasteiger partial charge in [-0.1, -0.05) is 20.8 Å². The molecule has 1 aromatic heterocycles. The number of pyridine rings is 1. The average Bonchev–Trinajstić information content (AvgIpc) is 2.46. The smallest absolute Gasteiger partial charge is 0.256 e. The lowest BCUT2D eigenvalue weighted by molar-refractivity contribution is -0.141. The number of ether oxygens (including phenoxy) is 2. The molecule has 1 aromatic rings. The standard InChI is InChI=1S/C17H28N2O3/c1-6-10-22-17(5,11-13(3)4)16(20)19-14-8-9-15(18-12-14)21-7-2/h8-9,12-13H,6-7,10-11H2,1-5H3,(H,19,20). The van der Waals surface area contributed by atoms with Crippen LogP contribution in [-0.4, -0.2) is 29.7 Å². The predicted octanol–water partition coefficient (Wildman–Crippen LogP) is 3.65. The van der Waals surface area contributed by atoms with E-state index in [9.17, 15) is 4.79 Å². The first-order chi connectivity index (χ1) is 10.4. The maximum atomic E-state index is 12.6. The Morgan fingerprint density at radius 2 is 2.09 bits per heavy atom. The molecule has 0 radical (unpaired) electrons. The van der Waals surface area contributed by atoms with Crippen molar-refractivity contribution in [1.82, 2.24) is 4.98 Å². The zero-order valence-corrected chi connectivity index (χ0v) is 14.3. The van der Waals surface area contributed by atoms with Gasteiger partial charge in [-0.3, -0.25) is 4.79 Å². The zero-order chi connectivity index (χ0) is 16.6. The maximum Gasteiger partial charge on any atom is 0.256 e. The Kier molecular flexibility index (Phi) is 7.32. The topological polar surface area (TPSA) is 60.5 Å². The van der Waals surface area contributed by atoms with Crippen LogP contribution in [0, 0.1) is 5.92 Å². The highest BCUT2D eigenvalue weighted by molar-refractivity contribution is 5.96. The van der Waals surface area contributed by atoms with E-state index in [1.165, 1.54) is 0 Å². The van der Waals surface area contributed by atoms with Gasteiger partial charge in [-0.05, 0) is 38.7 Å². The Bertz CT molecular complexity index is 459. The molecule has 124 valence electrons. The summed E-state index contributed by atoms with van der Waals surface area (Å²) in [5.41, 5.74) is -0.188. The van der Waals surface area contributed by atoms with E-state index in [4.69, 9.17) is 9.47 Å². The lowest BCUT2D eigenvalue weighted by Gasteiger charge is -2.30. The zero-order valence-electron chi connectivity index (χ0n) is 14.3. The third kappa shape index (κ3) is 5.64. The van der Waals surface area contributed by atoms with E-state index in [-0.39, 0.29) is 5.91 Å². The van der Waals surface area contributed by atoms with Gasteiger partial charge in [0.25, 0.3) is 5.91 Å². The van der Waals surface area contributed by atoms with Crippen molar-refractivity contribution in [2.45, 2.75) is 53.1 Å². The Balaban J connectivity index is 2.76. The van der Waals surface area contributed by atoms with Gasteiger partial charge in [0, 0.05) is 12.7 Å². The molecule has 0 aliphatic carbocycles. The fourth-order valence-electron chi connectivity index (χ4n) is 2.27. The number of carbonyl (C=O) groups is 1. The van der Waals surface area contributed by atoms with Crippen molar-refractivity contribution >= 4 is 11.6 Å². The summed E-state index contributed by atoms with van der Waals surface area (Å²) >= 11 is 0. The predicted molar refractivity (Wildman–Crippen MR) is 88.1 cm³/mol. The summed E-state index contributed by atoms with van der Waals surface area (Å²) in [6, 6.07) is 3.53. The van der Waals surface area contributed by atoms with E-state index in [2.05, 4.69) is 24.1 Å². The molecule has 5 heteroatoms. The Hall–Kier alpha value is -1.62. The summed E-state index contributed by atoms with van der Waals surface area (Å²) in [5, 5.41) is 2.88. The van der Waals surface area contributed by atoms with Crippen molar-refractivity contribution in [3.05, 3.63) is 18.3 Å². The molecule has 0 aliphatic rings. The second-order valence-electron chi connectivity index (χ2n) is 5.95. The molecule has 1 amide bonds. The molecule has 0 aliphatic heterocycles. The van der Waals surface area contributed by atoms with E-state index >= 15 is 0 Å². The van der Waals surface area contributed by atoms with Gasteiger partial charge in [-0.25, -0.2) is 4.98 Å². The summed E-state index contributed by atoms with van der Waals surface area (Å²) in [6.45, 7) is 11.1. The molecule has 0 saturated carbocycles. The largest absolute Gasteiger partial charge is 0.478 e. The van der Waals surface area contributed by atoms with Gasteiger partial charge in [-0.15, -0.1) is 0 Å². The van der Waals surface area contributed by atoms with Crippen molar-refractivity contribution in [1.29, 1.82) is 0 Å². The summed E-state index contributed by atoms with van der Waals surface area (Å²) in [7, 11) is 0. The Morgan fingerprint density at radius 3 is 2.59 bits per heavy atom. The van der Waals surface area contributed by atoms with Crippen LogP contribution in [0.4, 0.5) is 5.69 Å². The highest BCUT2D eigenvalue weighted by Gasteiger charge is 2.34. The van der Waals surface area contributed by atoms with Crippen molar-refractivity contribution in [2.24, 2.45) is 5.92 Å².